The number of benzene rings is 3. The molecule has 3 aliphatic rings. The molecule has 19 heteroatoms. The van der Waals surface area contributed by atoms with Gasteiger partial charge in [-0.25, -0.2) is 4.79 Å². The summed E-state index contributed by atoms with van der Waals surface area (Å²) in [6, 6.07) is 22.9. The Kier molecular flexibility index (Phi) is 13.4. The number of thiophene rings is 3. The highest BCUT2D eigenvalue weighted by Crippen LogP contribution is 2.42. The van der Waals surface area contributed by atoms with Crippen molar-refractivity contribution in [1.82, 2.24) is 44.3 Å². The Morgan fingerprint density at radius 3 is 1.09 bits per heavy atom. The van der Waals surface area contributed by atoms with Crippen molar-refractivity contribution in [2.24, 2.45) is 15.0 Å². The highest BCUT2D eigenvalue weighted by Gasteiger charge is 2.32. The SMILES string of the molecule is Cc1sc2c(c1C)C(c1ccc(Br)cc1)=NC(C)c1nnc(C)n1-2.Cc1sc2c(c1C)C(c1ccc(C(=O)O)cc1)=NC(C)c1nnc(C)n1-2.Cc1sc2c(c1C)C(c1ccc(N)cc1)=NC(C)c1nnc(C)n1-2. The van der Waals surface area contributed by atoms with Crippen molar-refractivity contribution in [3.8, 4) is 15.0 Å². The Balaban J connectivity index is 0.000000127. The Bertz CT molecular complexity index is 3610. The first-order valence-electron chi connectivity index (χ1n) is 24.1. The lowest BCUT2D eigenvalue weighted by Crippen LogP contribution is -2.08. The number of aromatic carboxylic acids is 1. The van der Waals surface area contributed by atoms with Crippen LogP contribution < -0.4 is 5.73 Å². The molecule has 0 bridgehead atoms. The van der Waals surface area contributed by atoms with Crippen LogP contribution in [0.3, 0.4) is 0 Å². The van der Waals surface area contributed by atoms with Gasteiger partial charge in [-0.3, -0.25) is 28.7 Å². The number of aliphatic imine (C=N–C) groups is 3. The number of nitrogens with zero attached hydrogens (tertiary/aromatic N) is 12. The highest BCUT2D eigenvalue weighted by molar-refractivity contribution is 9.10. The quantitative estimate of drug-likeness (QED) is 0.161. The maximum absolute atomic E-state index is 11.2. The van der Waals surface area contributed by atoms with Crippen LogP contribution in [0, 0.1) is 62.3 Å². The van der Waals surface area contributed by atoms with E-state index in [0.717, 1.165) is 94.5 Å². The molecule has 0 amide bonds. The second-order valence-corrected chi connectivity index (χ2v) is 23.2. The summed E-state index contributed by atoms with van der Waals surface area (Å²) < 4.78 is 7.48. The van der Waals surface area contributed by atoms with Crippen LogP contribution in [0.1, 0.15) is 149 Å². The van der Waals surface area contributed by atoms with Crippen molar-refractivity contribution in [3.63, 3.8) is 0 Å². The summed E-state index contributed by atoms with van der Waals surface area (Å²) in [7, 11) is 0. The fourth-order valence-electron chi connectivity index (χ4n) is 9.46. The van der Waals surface area contributed by atoms with Crippen molar-refractivity contribution >= 4 is 78.7 Å². The van der Waals surface area contributed by atoms with Gasteiger partial charge in [-0.15, -0.1) is 64.6 Å². The molecule has 3 aromatic carbocycles. The predicted molar refractivity (Wildman–Crippen MR) is 301 cm³/mol. The van der Waals surface area contributed by atoms with Gasteiger partial charge in [0.05, 0.1) is 22.7 Å². The number of carbonyl (C=O) groups is 1. The molecule has 0 saturated carbocycles. The second-order valence-electron chi connectivity index (χ2n) is 18.7. The molecule has 0 radical (unpaired) electrons. The average Bonchev–Trinajstić information content (AvgIpc) is 4.20. The van der Waals surface area contributed by atoms with Crippen LogP contribution in [0.2, 0.25) is 0 Å². The van der Waals surface area contributed by atoms with Gasteiger partial charge >= 0.3 is 5.97 Å². The van der Waals surface area contributed by atoms with Crippen LogP contribution in [0.5, 0.6) is 0 Å². The number of nitrogen functional groups attached to an aromatic ring is 1. The first-order chi connectivity index (χ1) is 35.3. The summed E-state index contributed by atoms with van der Waals surface area (Å²) in [4.78, 5) is 29.9. The van der Waals surface area contributed by atoms with Crippen molar-refractivity contribution in [3.05, 3.63) is 182 Å². The molecule has 3 aliphatic heterocycles. The lowest BCUT2D eigenvalue weighted by molar-refractivity contribution is 0.0697. The minimum atomic E-state index is -0.933. The van der Waals surface area contributed by atoms with Gasteiger partial charge in [-0.1, -0.05) is 52.3 Å². The van der Waals surface area contributed by atoms with Crippen molar-refractivity contribution in [1.29, 1.82) is 0 Å². The van der Waals surface area contributed by atoms with Crippen molar-refractivity contribution in [2.45, 2.75) is 101 Å². The molecule has 3 unspecified atom stereocenters. The van der Waals surface area contributed by atoms with Gasteiger partial charge in [-0.2, -0.15) is 0 Å². The summed E-state index contributed by atoms with van der Waals surface area (Å²) in [6.07, 6.45) is 0. The van der Waals surface area contributed by atoms with E-state index in [9.17, 15) is 4.79 Å². The zero-order valence-electron chi connectivity index (χ0n) is 43.1. The minimum Gasteiger partial charge on any atom is -0.478 e. The van der Waals surface area contributed by atoms with Crippen LogP contribution in [0.4, 0.5) is 5.69 Å². The van der Waals surface area contributed by atoms with Crippen molar-refractivity contribution in [2.75, 3.05) is 5.73 Å². The lowest BCUT2D eigenvalue weighted by atomic mass is 9.99. The smallest absolute Gasteiger partial charge is 0.335 e. The van der Waals surface area contributed by atoms with Crippen LogP contribution in [0.15, 0.2) is 92.2 Å². The standard InChI is InChI=1S/C19H18N4O2S.C18H17BrN4S.C18H19N5S/c1-9-11(3)26-18-15(9)16(13-5-7-14(8-6-13)19(24)25)20-10(2)17-22-21-12(4)23(17)18;2*1-9-11(3)24-18-15(9)16(13-5-7-14(19)8-6-13)20-10(2)17-22-21-12(4)23(17)18/h5-8,10H,1-4H3,(H,24,25);5-8,10H,1-4H3;5-8,10H,19H2,1-4H3. The third-order valence-corrected chi connectivity index (χ3v) is 17.9. The number of aromatic nitrogens is 9. The van der Waals surface area contributed by atoms with E-state index >= 15 is 0 Å². The summed E-state index contributed by atoms with van der Waals surface area (Å²) in [6.45, 7) is 24.9. The normalized spacial score (nSPS) is 16.2. The van der Waals surface area contributed by atoms with E-state index in [2.05, 4.69) is 140 Å². The Morgan fingerprint density at radius 1 is 0.486 bits per heavy atom. The van der Waals surface area contributed by atoms with Gasteiger partial charge in [0.25, 0.3) is 0 Å². The molecule has 9 heterocycles. The zero-order valence-corrected chi connectivity index (χ0v) is 47.1. The number of fused-ring (bicyclic) bond motifs is 9. The van der Waals surface area contributed by atoms with E-state index in [4.69, 9.17) is 25.8 Å². The highest BCUT2D eigenvalue weighted by atomic mass is 79.9. The predicted octanol–water partition coefficient (Wildman–Crippen LogP) is 12.5. The summed E-state index contributed by atoms with van der Waals surface area (Å²) in [5.41, 5.74) is 20.1. The summed E-state index contributed by atoms with van der Waals surface area (Å²) in [5, 5.41) is 38.4. The third kappa shape index (κ3) is 8.78. The Hall–Kier alpha value is -7.06. The fourth-order valence-corrected chi connectivity index (χ4v) is 13.4. The number of carboxylic acid groups (broad SMARTS) is 1. The van der Waals surface area contributed by atoms with E-state index in [1.54, 1.807) is 46.1 Å². The monoisotopic (exact) mass is 1100 g/mol. The van der Waals surface area contributed by atoms with E-state index in [0.29, 0.717) is 0 Å². The number of halogens is 1. The zero-order chi connectivity index (χ0) is 52.6. The third-order valence-electron chi connectivity index (χ3n) is 13.8. The molecule has 0 saturated heterocycles. The van der Waals surface area contributed by atoms with Gasteiger partial charge in [0.1, 0.15) is 50.6 Å². The van der Waals surface area contributed by atoms with Gasteiger partial charge in [0.2, 0.25) is 0 Å². The van der Waals surface area contributed by atoms with Gasteiger partial charge in [0.15, 0.2) is 17.5 Å². The van der Waals surface area contributed by atoms with Gasteiger partial charge in [0, 0.05) is 58.2 Å². The van der Waals surface area contributed by atoms with Crippen LogP contribution in [0.25, 0.3) is 15.0 Å². The molecule has 74 heavy (non-hydrogen) atoms. The van der Waals surface area contributed by atoms with E-state index in [-0.39, 0.29) is 23.7 Å². The first kappa shape index (κ1) is 50.5. The maximum Gasteiger partial charge on any atom is 0.335 e. The van der Waals surface area contributed by atoms with Crippen LogP contribution in [-0.2, 0) is 0 Å². The van der Waals surface area contributed by atoms with Crippen LogP contribution >= 0.6 is 49.9 Å². The number of rotatable bonds is 4. The van der Waals surface area contributed by atoms with E-state index in [1.807, 2.05) is 64.1 Å². The molecular weight excluding hydrogens is 1050 g/mol. The van der Waals surface area contributed by atoms with Gasteiger partial charge in [-0.05, 0) is 136 Å². The number of carboxylic acids is 1. The average molecular weight is 1110 g/mol. The first-order valence-corrected chi connectivity index (χ1v) is 27.3. The molecule has 15 nitrogen and oxygen atoms in total. The molecule has 0 aliphatic carbocycles. The number of hydrogen-bond donors (Lipinski definition) is 2. The lowest BCUT2D eigenvalue weighted by Gasteiger charge is -2.09. The number of hydrogen-bond acceptors (Lipinski definition) is 14. The van der Waals surface area contributed by atoms with Crippen LogP contribution in [-0.4, -0.2) is 72.5 Å². The second kappa shape index (κ2) is 19.7. The Morgan fingerprint density at radius 2 is 0.784 bits per heavy atom. The number of nitrogens with two attached hydrogens (primary N) is 1. The minimum absolute atomic E-state index is 0.0378. The number of anilines is 1. The topological polar surface area (TPSA) is 193 Å². The van der Waals surface area contributed by atoms with Gasteiger partial charge < -0.3 is 10.8 Å². The van der Waals surface area contributed by atoms with Crippen molar-refractivity contribution < 1.29 is 9.90 Å². The molecule has 3 N–H and O–H groups in total. The molecule has 9 aromatic rings. The fraction of sp³-hybridized carbons (Fsp3) is 0.273. The molecular formula is C55H54BrN13O2S3. The Labute approximate surface area is 449 Å². The largest absolute Gasteiger partial charge is 0.478 e. The molecule has 12 rings (SSSR count). The number of aryl methyl sites for hydroxylation is 6. The molecule has 3 atom stereocenters. The van der Waals surface area contributed by atoms with E-state index < -0.39 is 5.97 Å². The molecule has 6 aromatic heterocycles. The molecule has 376 valence electrons. The maximum atomic E-state index is 11.2. The molecule has 0 fully saturated rings. The van der Waals surface area contributed by atoms with E-state index in [1.165, 1.54) is 47.4 Å². The summed E-state index contributed by atoms with van der Waals surface area (Å²) in [5.74, 6) is 4.33. The molecule has 0 spiro atoms. The summed E-state index contributed by atoms with van der Waals surface area (Å²) >= 11 is 8.78.